The van der Waals surface area contributed by atoms with Gasteiger partial charge < -0.3 is 9.47 Å². The van der Waals surface area contributed by atoms with E-state index in [1.54, 1.807) is 14.2 Å². The molecule has 0 amide bonds. The predicted molar refractivity (Wildman–Crippen MR) is 112 cm³/mol. The number of allylic oxidation sites excluding steroid dienone is 1. The summed E-state index contributed by atoms with van der Waals surface area (Å²) in [5, 5.41) is 9.97. The van der Waals surface area contributed by atoms with Gasteiger partial charge in [-0.2, -0.15) is 5.26 Å². The normalized spacial score (nSPS) is 10.0. The van der Waals surface area contributed by atoms with Gasteiger partial charge in [-0.1, -0.05) is 52.3 Å². The number of methoxy groups -OCH3 is 2. The van der Waals surface area contributed by atoms with E-state index in [1.165, 1.54) is 0 Å². The Bertz CT molecular complexity index is 933. The molecule has 0 aromatic heterocycles. The zero-order valence-corrected chi connectivity index (χ0v) is 16.7. The number of benzene rings is 3. The molecule has 0 unspecified atom stereocenters. The number of rotatable bonds is 5. The highest BCUT2D eigenvalue weighted by molar-refractivity contribution is 9.10. The minimum Gasteiger partial charge on any atom is -0.497 e. The van der Waals surface area contributed by atoms with E-state index in [0.717, 1.165) is 38.2 Å². The molecule has 0 spiro atoms. The lowest BCUT2D eigenvalue weighted by atomic mass is 9.90. The second kappa shape index (κ2) is 8.57. The molecule has 0 fully saturated rings. The maximum absolute atomic E-state index is 9.97. The molecule has 0 N–H and O–H groups in total. The van der Waals surface area contributed by atoms with Crippen LogP contribution < -0.4 is 9.47 Å². The molecule has 0 aliphatic carbocycles. The Morgan fingerprint density at radius 2 is 1.11 bits per heavy atom. The predicted octanol–water partition coefficient (Wildman–Crippen LogP) is 5.95. The van der Waals surface area contributed by atoms with E-state index in [-0.39, 0.29) is 0 Å². The minimum atomic E-state index is 0.609. The third-order valence-electron chi connectivity index (χ3n) is 4.25. The van der Waals surface area contributed by atoms with E-state index in [1.807, 2.05) is 72.8 Å². The van der Waals surface area contributed by atoms with Gasteiger partial charge in [-0.15, -0.1) is 0 Å². The van der Waals surface area contributed by atoms with E-state index in [0.29, 0.717) is 5.57 Å². The van der Waals surface area contributed by atoms with Gasteiger partial charge in [0.05, 0.1) is 19.8 Å². The van der Waals surface area contributed by atoms with E-state index in [4.69, 9.17) is 9.47 Å². The largest absolute Gasteiger partial charge is 0.497 e. The molecule has 134 valence electrons. The summed E-state index contributed by atoms with van der Waals surface area (Å²) in [5.41, 5.74) is 4.23. The van der Waals surface area contributed by atoms with Crippen molar-refractivity contribution in [2.75, 3.05) is 14.2 Å². The van der Waals surface area contributed by atoms with Crippen molar-refractivity contribution in [2.45, 2.75) is 0 Å². The fourth-order valence-electron chi connectivity index (χ4n) is 2.85. The highest BCUT2D eigenvalue weighted by Gasteiger charge is 2.14. The summed E-state index contributed by atoms with van der Waals surface area (Å²) in [7, 11) is 3.27. The highest BCUT2D eigenvalue weighted by Crippen LogP contribution is 2.34. The molecule has 0 aliphatic heterocycles. The fraction of sp³-hybridized carbons (Fsp3) is 0.0870. The zero-order chi connectivity index (χ0) is 19.2. The van der Waals surface area contributed by atoms with Crippen molar-refractivity contribution in [3.05, 3.63) is 94.0 Å². The highest BCUT2D eigenvalue weighted by atomic mass is 79.9. The molecule has 0 atom stereocenters. The molecule has 27 heavy (non-hydrogen) atoms. The van der Waals surface area contributed by atoms with Crippen LogP contribution in [-0.2, 0) is 0 Å². The van der Waals surface area contributed by atoms with Crippen LogP contribution in [0.25, 0.3) is 11.1 Å². The molecule has 3 aromatic rings. The van der Waals surface area contributed by atoms with Crippen LogP contribution in [0.15, 0.2) is 77.3 Å². The van der Waals surface area contributed by atoms with Gasteiger partial charge in [-0.25, -0.2) is 0 Å². The summed E-state index contributed by atoms with van der Waals surface area (Å²) in [6.45, 7) is 0. The van der Waals surface area contributed by atoms with Crippen molar-refractivity contribution in [3.63, 3.8) is 0 Å². The topological polar surface area (TPSA) is 42.2 Å². The standard InChI is InChI=1S/C23H18BrNO2/c1-26-20-11-5-17(6-12-20)23(18-7-13-21(27-2)14-8-18)22(15-25)16-3-9-19(24)10-4-16/h3-14H,1-2H3. The molecule has 0 saturated heterocycles. The fourth-order valence-corrected chi connectivity index (χ4v) is 3.12. The van der Waals surface area contributed by atoms with Crippen molar-refractivity contribution in [1.82, 2.24) is 0 Å². The smallest absolute Gasteiger partial charge is 0.118 e. The molecular weight excluding hydrogens is 402 g/mol. The van der Waals surface area contributed by atoms with Gasteiger partial charge in [-0.05, 0) is 53.1 Å². The first-order valence-electron chi connectivity index (χ1n) is 8.35. The van der Waals surface area contributed by atoms with Gasteiger partial charge in [0.15, 0.2) is 0 Å². The maximum atomic E-state index is 9.97. The Morgan fingerprint density at radius 1 is 0.704 bits per heavy atom. The van der Waals surface area contributed by atoms with Crippen LogP contribution in [0.1, 0.15) is 16.7 Å². The summed E-state index contributed by atoms with van der Waals surface area (Å²) >= 11 is 3.45. The maximum Gasteiger partial charge on any atom is 0.118 e. The molecule has 3 aromatic carbocycles. The quantitative estimate of drug-likeness (QED) is 0.379. The van der Waals surface area contributed by atoms with Crippen molar-refractivity contribution < 1.29 is 9.47 Å². The van der Waals surface area contributed by atoms with Crippen LogP contribution in [0.2, 0.25) is 0 Å². The van der Waals surface area contributed by atoms with E-state index in [9.17, 15) is 5.26 Å². The van der Waals surface area contributed by atoms with E-state index < -0.39 is 0 Å². The minimum absolute atomic E-state index is 0.609. The number of nitrogens with zero attached hydrogens (tertiary/aromatic N) is 1. The van der Waals surface area contributed by atoms with Crippen molar-refractivity contribution in [1.29, 1.82) is 5.26 Å². The number of hydrogen-bond donors (Lipinski definition) is 0. The monoisotopic (exact) mass is 419 g/mol. The van der Waals surface area contributed by atoms with Gasteiger partial charge in [0.2, 0.25) is 0 Å². The molecule has 0 heterocycles. The number of nitriles is 1. The summed E-state index contributed by atoms with van der Waals surface area (Å²) < 4.78 is 11.5. The van der Waals surface area contributed by atoms with E-state index in [2.05, 4.69) is 22.0 Å². The first-order valence-corrected chi connectivity index (χ1v) is 9.14. The molecule has 3 rings (SSSR count). The van der Waals surface area contributed by atoms with Gasteiger partial charge >= 0.3 is 0 Å². The Morgan fingerprint density at radius 3 is 1.48 bits per heavy atom. The van der Waals surface area contributed by atoms with Gasteiger partial charge in [0.25, 0.3) is 0 Å². The molecule has 0 aliphatic rings. The van der Waals surface area contributed by atoms with Crippen LogP contribution in [0.3, 0.4) is 0 Å². The number of hydrogen-bond acceptors (Lipinski definition) is 3. The Balaban J connectivity index is 2.23. The SMILES string of the molecule is COc1ccc(C(=C(C#N)c2ccc(Br)cc2)c2ccc(OC)cc2)cc1. The van der Waals surface area contributed by atoms with Gasteiger partial charge in [0.1, 0.15) is 17.6 Å². The number of halogens is 1. The zero-order valence-electron chi connectivity index (χ0n) is 15.1. The van der Waals surface area contributed by atoms with Crippen LogP contribution in [0.5, 0.6) is 11.5 Å². The number of ether oxygens (including phenoxy) is 2. The molecule has 0 bridgehead atoms. The van der Waals surface area contributed by atoms with Crippen molar-refractivity contribution in [2.24, 2.45) is 0 Å². The Labute approximate surface area is 167 Å². The summed E-state index contributed by atoms with van der Waals surface area (Å²) in [5.74, 6) is 1.55. The van der Waals surface area contributed by atoms with Gasteiger partial charge in [0, 0.05) is 10.0 Å². The first kappa shape index (κ1) is 18.8. The summed E-state index contributed by atoms with van der Waals surface area (Å²) in [6, 6.07) is 25.6. The van der Waals surface area contributed by atoms with Crippen LogP contribution >= 0.6 is 15.9 Å². The average molecular weight is 420 g/mol. The first-order chi connectivity index (χ1) is 13.2. The molecule has 3 nitrogen and oxygen atoms in total. The second-order valence-electron chi connectivity index (χ2n) is 5.83. The Hall–Kier alpha value is -3.03. The molecular formula is C23H18BrNO2. The molecule has 0 saturated carbocycles. The third kappa shape index (κ3) is 4.21. The lowest BCUT2D eigenvalue weighted by Crippen LogP contribution is -1.95. The summed E-state index contributed by atoms with van der Waals surface area (Å²) in [6.07, 6.45) is 0. The van der Waals surface area contributed by atoms with Gasteiger partial charge in [-0.3, -0.25) is 0 Å². The van der Waals surface area contributed by atoms with Crippen molar-refractivity contribution in [3.8, 4) is 17.6 Å². The lowest BCUT2D eigenvalue weighted by molar-refractivity contribution is 0.414. The van der Waals surface area contributed by atoms with Crippen LogP contribution in [0.4, 0.5) is 0 Å². The lowest BCUT2D eigenvalue weighted by Gasteiger charge is -2.13. The van der Waals surface area contributed by atoms with E-state index >= 15 is 0 Å². The average Bonchev–Trinajstić information content (AvgIpc) is 2.73. The second-order valence-corrected chi connectivity index (χ2v) is 6.74. The van der Waals surface area contributed by atoms with Crippen LogP contribution in [0, 0.1) is 11.3 Å². The van der Waals surface area contributed by atoms with Crippen molar-refractivity contribution >= 4 is 27.1 Å². The Kier molecular flexibility index (Phi) is 5.95. The molecule has 4 heteroatoms. The summed E-state index contributed by atoms with van der Waals surface area (Å²) in [4.78, 5) is 0. The third-order valence-corrected chi connectivity index (χ3v) is 4.78. The van der Waals surface area contributed by atoms with Crippen LogP contribution in [-0.4, -0.2) is 14.2 Å². The molecule has 0 radical (unpaired) electrons.